The first-order valence-electron chi connectivity index (χ1n) is 10.3. The molecular weight excluding hydrogens is 525 g/mol. The number of ether oxygens (including phenoxy) is 1. The maximum absolute atomic E-state index is 12.8. The highest BCUT2D eigenvalue weighted by atomic mass is 127. The van der Waals surface area contributed by atoms with Gasteiger partial charge in [-0.05, 0) is 63.6 Å². The first kappa shape index (κ1) is 20.7. The highest BCUT2D eigenvalue weighted by Crippen LogP contribution is 2.33. The third-order valence-electron chi connectivity index (χ3n) is 5.77. The van der Waals surface area contributed by atoms with Crippen molar-refractivity contribution >= 4 is 45.5 Å². The molecule has 3 heterocycles. The van der Waals surface area contributed by atoms with Crippen molar-refractivity contribution in [1.82, 2.24) is 9.55 Å². The molecule has 0 radical (unpaired) electrons. The molecule has 0 amide bonds. The molecule has 158 valence electrons. The Hall–Kier alpha value is -2.16. The molecule has 2 aliphatic rings. The molecule has 3 aromatic rings. The van der Waals surface area contributed by atoms with E-state index in [-0.39, 0.29) is 5.56 Å². The van der Waals surface area contributed by atoms with Crippen LogP contribution in [0, 0.1) is 3.57 Å². The van der Waals surface area contributed by atoms with Crippen LogP contribution in [0.5, 0.6) is 0 Å². The zero-order valence-corrected chi connectivity index (χ0v) is 19.8. The second-order valence-corrected chi connectivity index (χ2v) is 9.31. The van der Waals surface area contributed by atoms with Gasteiger partial charge in [-0.1, -0.05) is 23.7 Å². The second-order valence-electron chi connectivity index (χ2n) is 7.74. The Bertz CT molecular complexity index is 1230. The van der Waals surface area contributed by atoms with Crippen molar-refractivity contribution in [1.29, 1.82) is 0 Å². The van der Waals surface area contributed by atoms with E-state index in [1.807, 2.05) is 36.7 Å². The smallest absolute Gasteiger partial charge is 0.251 e. The van der Waals surface area contributed by atoms with E-state index in [1.165, 1.54) is 0 Å². The molecule has 7 heteroatoms. The molecule has 1 fully saturated rings. The molecule has 0 atom stereocenters. The number of fused-ring (bicyclic) bond motifs is 1. The second kappa shape index (κ2) is 8.76. The van der Waals surface area contributed by atoms with Crippen molar-refractivity contribution in [2.45, 2.75) is 13.0 Å². The number of nitrogens with zero attached hydrogens (tertiary/aromatic N) is 3. The number of hydrogen-bond acceptors (Lipinski definition) is 4. The number of rotatable bonds is 4. The fraction of sp³-hybridized carbons (Fsp3) is 0.250. The fourth-order valence-electron chi connectivity index (χ4n) is 4.10. The van der Waals surface area contributed by atoms with Gasteiger partial charge >= 0.3 is 0 Å². The molecule has 5 rings (SSSR count). The topological polar surface area (TPSA) is 47.4 Å². The van der Waals surface area contributed by atoms with Crippen LogP contribution in [0.25, 0.3) is 5.57 Å². The summed E-state index contributed by atoms with van der Waals surface area (Å²) in [4.78, 5) is 19.8. The number of allylic oxidation sites excluding steroid dienone is 1. The summed E-state index contributed by atoms with van der Waals surface area (Å²) >= 11 is 8.32. The largest absolute Gasteiger partial charge is 0.378 e. The van der Waals surface area contributed by atoms with E-state index in [1.54, 1.807) is 10.6 Å². The van der Waals surface area contributed by atoms with E-state index >= 15 is 0 Å². The predicted molar refractivity (Wildman–Crippen MR) is 132 cm³/mol. The summed E-state index contributed by atoms with van der Waals surface area (Å²) < 4.78 is 8.17. The Labute approximate surface area is 199 Å². The molecule has 2 aromatic heterocycles. The molecule has 0 N–H and O–H groups in total. The minimum atomic E-state index is -0.0194. The van der Waals surface area contributed by atoms with E-state index in [4.69, 9.17) is 21.3 Å². The summed E-state index contributed by atoms with van der Waals surface area (Å²) in [5, 5.41) is 0.726. The van der Waals surface area contributed by atoms with Crippen molar-refractivity contribution in [2.75, 3.05) is 31.2 Å². The first-order valence-corrected chi connectivity index (χ1v) is 11.7. The van der Waals surface area contributed by atoms with Gasteiger partial charge in [0, 0.05) is 40.9 Å². The van der Waals surface area contributed by atoms with Crippen molar-refractivity contribution in [3.8, 4) is 0 Å². The van der Waals surface area contributed by atoms with Gasteiger partial charge in [-0.15, -0.1) is 0 Å². The lowest BCUT2D eigenvalue weighted by Crippen LogP contribution is -2.36. The summed E-state index contributed by atoms with van der Waals surface area (Å²) in [5.74, 6) is 0. The maximum atomic E-state index is 12.8. The van der Waals surface area contributed by atoms with E-state index < -0.39 is 0 Å². The Kier molecular flexibility index (Phi) is 5.86. The van der Waals surface area contributed by atoms with Crippen LogP contribution >= 0.6 is 34.2 Å². The molecular formula is C24H21ClIN3O2. The van der Waals surface area contributed by atoms with Gasteiger partial charge in [0.15, 0.2) is 0 Å². The van der Waals surface area contributed by atoms with Gasteiger partial charge in [-0.25, -0.2) is 0 Å². The Morgan fingerprint density at radius 1 is 1.13 bits per heavy atom. The summed E-state index contributed by atoms with van der Waals surface area (Å²) in [6, 6.07) is 11.8. The normalized spacial score (nSPS) is 15.7. The monoisotopic (exact) mass is 545 g/mol. The van der Waals surface area contributed by atoms with E-state index in [2.05, 4.69) is 39.6 Å². The third kappa shape index (κ3) is 4.29. The predicted octanol–water partition coefficient (Wildman–Crippen LogP) is 4.37. The lowest BCUT2D eigenvalue weighted by Gasteiger charge is -2.29. The Morgan fingerprint density at radius 3 is 2.74 bits per heavy atom. The van der Waals surface area contributed by atoms with Crippen molar-refractivity contribution in [3.05, 3.63) is 96.2 Å². The number of hydrogen-bond donors (Lipinski definition) is 0. The molecule has 0 bridgehead atoms. The van der Waals surface area contributed by atoms with Gasteiger partial charge in [0.2, 0.25) is 0 Å². The van der Waals surface area contributed by atoms with Gasteiger partial charge in [-0.3, -0.25) is 9.78 Å². The van der Waals surface area contributed by atoms with Crippen LogP contribution in [0.4, 0.5) is 5.69 Å². The Balaban J connectivity index is 1.41. The quantitative estimate of drug-likeness (QED) is 0.457. The summed E-state index contributed by atoms with van der Waals surface area (Å²) in [6.07, 6.45) is 6.78. The molecule has 0 spiro atoms. The number of pyridine rings is 2. The number of morpholine rings is 1. The number of aromatic nitrogens is 2. The van der Waals surface area contributed by atoms with Crippen LogP contribution in [-0.4, -0.2) is 35.9 Å². The molecule has 1 aliphatic heterocycles. The van der Waals surface area contributed by atoms with Gasteiger partial charge < -0.3 is 14.2 Å². The van der Waals surface area contributed by atoms with Crippen molar-refractivity contribution in [3.63, 3.8) is 0 Å². The summed E-state index contributed by atoms with van der Waals surface area (Å²) in [5.41, 5.74) is 6.35. The van der Waals surface area contributed by atoms with Gasteiger partial charge in [0.25, 0.3) is 5.56 Å². The number of halogens is 2. The minimum Gasteiger partial charge on any atom is -0.378 e. The molecule has 31 heavy (non-hydrogen) atoms. The summed E-state index contributed by atoms with van der Waals surface area (Å²) in [7, 11) is 0. The van der Waals surface area contributed by atoms with E-state index in [0.29, 0.717) is 6.54 Å². The van der Waals surface area contributed by atoms with E-state index in [9.17, 15) is 4.79 Å². The minimum absolute atomic E-state index is 0.0194. The van der Waals surface area contributed by atoms with Gasteiger partial charge in [-0.2, -0.15) is 0 Å². The van der Waals surface area contributed by atoms with Crippen LogP contribution < -0.4 is 10.5 Å². The first-order chi connectivity index (χ1) is 15.1. The van der Waals surface area contributed by atoms with Crippen molar-refractivity contribution < 1.29 is 4.74 Å². The van der Waals surface area contributed by atoms with E-state index in [0.717, 1.165) is 75.0 Å². The zero-order chi connectivity index (χ0) is 21.4. The highest BCUT2D eigenvalue weighted by molar-refractivity contribution is 14.1. The number of anilines is 1. The van der Waals surface area contributed by atoms with Crippen LogP contribution in [0.1, 0.15) is 22.4 Å². The van der Waals surface area contributed by atoms with Gasteiger partial charge in [0.1, 0.15) is 0 Å². The van der Waals surface area contributed by atoms with Crippen LogP contribution in [0.15, 0.2) is 59.7 Å². The van der Waals surface area contributed by atoms with Gasteiger partial charge in [0.05, 0.1) is 42.4 Å². The molecule has 1 aliphatic carbocycles. The third-order valence-corrected chi connectivity index (χ3v) is 7.31. The molecule has 0 unspecified atom stereocenters. The molecule has 0 saturated carbocycles. The summed E-state index contributed by atoms with van der Waals surface area (Å²) in [6.45, 7) is 3.75. The maximum Gasteiger partial charge on any atom is 0.251 e. The molecule has 1 aromatic carbocycles. The van der Waals surface area contributed by atoms with Crippen LogP contribution in [-0.2, 0) is 17.7 Å². The SMILES string of the molecule is O=c1cc(C2=CCc3ncc(N4CCOCC4)cc32)ccn1Cc1ccc(Cl)c(I)c1. The van der Waals surface area contributed by atoms with Crippen LogP contribution in [0.2, 0.25) is 5.02 Å². The van der Waals surface area contributed by atoms with Crippen LogP contribution in [0.3, 0.4) is 0 Å². The average Bonchev–Trinajstić information content (AvgIpc) is 3.21. The average molecular weight is 546 g/mol. The number of benzene rings is 1. The lowest BCUT2D eigenvalue weighted by atomic mass is 10.0. The molecule has 1 saturated heterocycles. The molecule has 5 nitrogen and oxygen atoms in total. The standard InChI is InChI=1S/C24H21ClIN3O2/c25-21-3-1-16(11-22(21)26)15-29-6-5-17(12-24(29)30)19-2-4-23-20(19)13-18(14-27-23)28-7-9-31-10-8-28/h1-3,5-6,11-14H,4,7-10,15H2. The fourth-order valence-corrected chi connectivity index (χ4v) is 4.79. The van der Waals surface area contributed by atoms with Crippen molar-refractivity contribution in [2.24, 2.45) is 0 Å². The highest BCUT2D eigenvalue weighted by Gasteiger charge is 2.20. The Morgan fingerprint density at radius 2 is 1.97 bits per heavy atom. The lowest BCUT2D eigenvalue weighted by molar-refractivity contribution is 0.122. The zero-order valence-electron chi connectivity index (χ0n) is 16.9.